The Balaban J connectivity index is 1.91. The molecular formula is C19H21BrN2O3. The van der Waals surface area contributed by atoms with Gasteiger partial charge in [-0.05, 0) is 58.6 Å². The molecule has 2 N–H and O–H groups in total. The van der Waals surface area contributed by atoms with Crippen molar-refractivity contribution >= 4 is 27.7 Å². The Morgan fingerprint density at radius 1 is 1.00 bits per heavy atom. The molecule has 0 unspecified atom stereocenters. The van der Waals surface area contributed by atoms with Gasteiger partial charge in [0.25, 0.3) is 11.8 Å². The summed E-state index contributed by atoms with van der Waals surface area (Å²) in [6, 6.07) is 13.7. The lowest BCUT2D eigenvalue weighted by Gasteiger charge is -2.11. The number of halogens is 1. The van der Waals surface area contributed by atoms with E-state index in [1.165, 1.54) is 0 Å². The van der Waals surface area contributed by atoms with E-state index in [1.54, 1.807) is 42.5 Å². The first-order valence-electron chi connectivity index (χ1n) is 8.05. The molecule has 0 radical (unpaired) electrons. The number of hydrogen-bond donors (Lipinski definition) is 2. The van der Waals surface area contributed by atoms with Crippen LogP contribution in [0.15, 0.2) is 53.0 Å². The summed E-state index contributed by atoms with van der Waals surface area (Å²) in [6.07, 6.45) is 0.959. The van der Waals surface area contributed by atoms with Gasteiger partial charge in [-0.2, -0.15) is 0 Å². The maximum atomic E-state index is 12.2. The average molecular weight is 405 g/mol. The van der Waals surface area contributed by atoms with Crippen LogP contribution in [0.1, 0.15) is 41.0 Å². The van der Waals surface area contributed by atoms with Gasteiger partial charge in [0.05, 0.1) is 11.1 Å². The summed E-state index contributed by atoms with van der Waals surface area (Å²) in [7, 11) is 0. The quantitative estimate of drug-likeness (QED) is 0.716. The second-order valence-corrected chi connectivity index (χ2v) is 6.80. The van der Waals surface area contributed by atoms with Gasteiger partial charge in [0, 0.05) is 11.1 Å². The minimum absolute atomic E-state index is 0.373. The molecule has 0 bridgehead atoms. The normalized spacial score (nSPS) is 10.4. The van der Waals surface area contributed by atoms with E-state index in [0.717, 1.165) is 6.42 Å². The van der Waals surface area contributed by atoms with E-state index in [4.69, 9.17) is 4.74 Å². The van der Waals surface area contributed by atoms with Crippen LogP contribution in [0, 0.1) is 5.92 Å². The predicted octanol–water partition coefficient (Wildman–Crippen LogP) is 3.95. The minimum atomic E-state index is -0.404. The molecule has 2 rings (SSSR count). The number of rotatable bonds is 6. The molecule has 2 aromatic rings. The maximum Gasteiger partial charge on any atom is 0.269 e. The predicted molar refractivity (Wildman–Crippen MR) is 100 cm³/mol. The average Bonchev–Trinajstić information content (AvgIpc) is 2.61. The van der Waals surface area contributed by atoms with Crippen LogP contribution in [0.5, 0.6) is 5.75 Å². The van der Waals surface area contributed by atoms with Crippen molar-refractivity contribution < 1.29 is 14.3 Å². The lowest BCUT2D eigenvalue weighted by Crippen LogP contribution is -2.41. The van der Waals surface area contributed by atoms with Gasteiger partial charge in [-0.25, -0.2) is 0 Å². The van der Waals surface area contributed by atoms with Gasteiger partial charge in [0.1, 0.15) is 5.75 Å². The Morgan fingerprint density at radius 3 is 2.24 bits per heavy atom. The minimum Gasteiger partial charge on any atom is -0.492 e. The monoisotopic (exact) mass is 404 g/mol. The Bertz CT molecular complexity index is 733. The molecule has 0 fully saturated rings. The van der Waals surface area contributed by atoms with Gasteiger partial charge < -0.3 is 4.74 Å². The molecule has 0 aliphatic carbocycles. The van der Waals surface area contributed by atoms with Crippen LogP contribution in [0.2, 0.25) is 0 Å². The number of hydrazine groups is 1. The van der Waals surface area contributed by atoms with Crippen molar-refractivity contribution in [1.29, 1.82) is 0 Å². The van der Waals surface area contributed by atoms with Crippen LogP contribution in [0.3, 0.4) is 0 Å². The highest BCUT2D eigenvalue weighted by Crippen LogP contribution is 2.26. The van der Waals surface area contributed by atoms with E-state index in [-0.39, 0.29) is 5.91 Å². The second kappa shape index (κ2) is 9.22. The van der Waals surface area contributed by atoms with Crippen LogP contribution in [-0.2, 0) is 0 Å². The fourth-order valence-electron chi connectivity index (χ4n) is 2.01. The summed E-state index contributed by atoms with van der Waals surface area (Å²) in [5.74, 6) is 0.475. The van der Waals surface area contributed by atoms with E-state index in [1.807, 2.05) is 6.07 Å². The second-order valence-electron chi connectivity index (χ2n) is 5.95. The van der Waals surface area contributed by atoms with Crippen LogP contribution >= 0.6 is 15.9 Å². The van der Waals surface area contributed by atoms with E-state index < -0.39 is 5.91 Å². The fraction of sp³-hybridized carbons (Fsp3) is 0.263. The Hall–Kier alpha value is -2.34. The summed E-state index contributed by atoms with van der Waals surface area (Å²) >= 11 is 3.41. The van der Waals surface area contributed by atoms with Crippen molar-refractivity contribution in [1.82, 2.24) is 10.9 Å². The Labute approximate surface area is 155 Å². The molecule has 2 aromatic carbocycles. The van der Waals surface area contributed by atoms with E-state index in [2.05, 4.69) is 40.6 Å². The molecule has 132 valence electrons. The summed E-state index contributed by atoms with van der Waals surface area (Å²) < 4.78 is 6.38. The van der Waals surface area contributed by atoms with E-state index >= 15 is 0 Å². The zero-order valence-corrected chi connectivity index (χ0v) is 15.8. The van der Waals surface area contributed by atoms with Gasteiger partial charge in [-0.3, -0.25) is 20.4 Å². The van der Waals surface area contributed by atoms with Gasteiger partial charge >= 0.3 is 0 Å². The van der Waals surface area contributed by atoms with Crippen molar-refractivity contribution in [3.05, 3.63) is 64.1 Å². The van der Waals surface area contributed by atoms with Crippen LogP contribution in [-0.4, -0.2) is 18.4 Å². The smallest absolute Gasteiger partial charge is 0.269 e. The SMILES string of the molecule is CC(C)CCOc1ccc(C(=O)NNC(=O)c2ccccc2)cc1Br. The highest BCUT2D eigenvalue weighted by molar-refractivity contribution is 9.10. The van der Waals surface area contributed by atoms with E-state index in [9.17, 15) is 9.59 Å². The van der Waals surface area contributed by atoms with Gasteiger partial charge in [-0.15, -0.1) is 0 Å². The number of nitrogens with one attached hydrogen (secondary N) is 2. The largest absolute Gasteiger partial charge is 0.492 e. The molecule has 2 amide bonds. The molecule has 0 heterocycles. The Morgan fingerprint density at radius 2 is 1.64 bits per heavy atom. The van der Waals surface area contributed by atoms with Crippen LogP contribution < -0.4 is 15.6 Å². The molecule has 0 saturated carbocycles. The van der Waals surface area contributed by atoms with Gasteiger partial charge in [0.2, 0.25) is 0 Å². The lowest BCUT2D eigenvalue weighted by molar-refractivity contribution is 0.0846. The molecule has 0 aliphatic heterocycles. The van der Waals surface area contributed by atoms with Crippen molar-refractivity contribution in [2.24, 2.45) is 5.92 Å². The molecular weight excluding hydrogens is 384 g/mol. The summed E-state index contributed by atoms with van der Waals surface area (Å²) in [4.78, 5) is 24.1. The first kappa shape index (κ1) is 19.0. The molecule has 0 spiro atoms. The first-order chi connectivity index (χ1) is 12.0. The van der Waals surface area contributed by atoms with E-state index in [0.29, 0.717) is 33.9 Å². The number of amides is 2. The van der Waals surface area contributed by atoms with Crippen LogP contribution in [0.25, 0.3) is 0 Å². The fourth-order valence-corrected chi connectivity index (χ4v) is 2.50. The number of ether oxygens (including phenoxy) is 1. The van der Waals surface area contributed by atoms with Crippen molar-refractivity contribution in [3.8, 4) is 5.75 Å². The summed E-state index contributed by atoms with van der Waals surface area (Å²) in [5.41, 5.74) is 5.68. The maximum absolute atomic E-state index is 12.2. The molecule has 0 aliphatic rings. The third-order valence-corrected chi connectivity index (χ3v) is 4.09. The number of benzene rings is 2. The zero-order valence-electron chi connectivity index (χ0n) is 14.2. The standard InChI is InChI=1S/C19H21BrN2O3/c1-13(2)10-11-25-17-9-8-15(12-16(17)20)19(24)22-21-18(23)14-6-4-3-5-7-14/h3-9,12-13H,10-11H2,1-2H3,(H,21,23)(H,22,24). The third kappa shape index (κ3) is 5.90. The zero-order chi connectivity index (χ0) is 18.2. The molecule has 0 atom stereocenters. The van der Waals surface area contributed by atoms with Crippen molar-refractivity contribution in [3.63, 3.8) is 0 Å². The number of carbonyl (C=O) groups is 2. The van der Waals surface area contributed by atoms with Crippen molar-refractivity contribution in [2.75, 3.05) is 6.61 Å². The third-order valence-electron chi connectivity index (χ3n) is 3.47. The molecule has 0 saturated heterocycles. The summed E-state index contributed by atoms with van der Waals surface area (Å²) in [5, 5.41) is 0. The highest BCUT2D eigenvalue weighted by Gasteiger charge is 2.11. The van der Waals surface area contributed by atoms with Crippen LogP contribution in [0.4, 0.5) is 0 Å². The molecule has 25 heavy (non-hydrogen) atoms. The molecule has 0 aromatic heterocycles. The number of hydrogen-bond acceptors (Lipinski definition) is 3. The van der Waals surface area contributed by atoms with Crippen molar-refractivity contribution in [2.45, 2.75) is 20.3 Å². The van der Waals surface area contributed by atoms with Gasteiger partial charge in [0.15, 0.2) is 0 Å². The van der Waals surface area contributed by atoms with Gasteiger partial charge in [-0.1, -0.05) is 32.0 Å². The topological polar surface area (TPSA) is 67.4 Å². The Kier molecular flexibility index (Phi) is 7.01. The molecule has 5 nitrogen and oxygen atoms in total. The highest BCUT2D eigenvalue weighted by atomic mass is 79.9. The molecule has 6 heteroatoms. The summed E-state index contributed by atoms with van der Waals surface area (Å²) in [6.45, 7) is 4.89. The first-order valence-corrected chi connectivity index (χ1v) is 8.84. The lowest BCUT2D eigenvalue weighted by atomic mass is 10.1. The number of carbonyl (C=O) groups excluding carboxylic acids is 2.